The quantitative estimate of drug-likeness (QED) is 0.846. The van der Waals surface area contributed by atoms with Crippen LogP contribution in [0.5, 0.6) is 0 Å². The Bertz CT molecular complexity index is 776. The molecule has 1 saturated heterocycles. The van der Waals surface area contributed by atoms with Crippen molar-refractivity contribution >= 4 is 16.8 Å². The molecule has 1 aromatic carbocycles. The van der Waals surface area contributed by atoms with Crippen LogP contribution in [0.3, 0.4) is 0 Å². The number of para-hydroxylation sites is 1. The third kappa shape index (κ3) is 3.64. The highest BCUT2D eigenvalue weighted by molar-refractivity contribution is 5.81. The summed E-state index contributed by atoms with van der Waals surface area (Å²) in [6.07, 6.45) is 3.38. The molecule has 2 aromatic rings. The van der Waals surface area contributed by atoms with Gasteiger partial charge >= 0.3 is 0 Å². The predicted molar refractivity (Wildman–Crippen MR) is 93.9 cm³/mol. The summed E-state index contributed by atoms with van der Waals surface area (Å²) < 4.78 is 1.63. The van der Waals surface area contributed by atoms with Crippen LogP contribution in [0.2, 0.25) is 0 Å². The maximum Gasteiger partial charge on any atom is 0.244 e. The van der Waals surface area contributed by atoms with Crippen LogP contribution in [-0.2, 0) is 11.3 Å². The van der Waals surface area contributed by atoms with Crippen molar-refractivity contribution < 1.29 is 4.79 Å². The number of aromatic nitrogens is 2. The Kier molecular flexibility index (Phi) is 4.94. The molecule has 0 bridgehead atoms. The lowest BCUT2D eigenvalue weighted by molar-refractivity contribution is -0.133. The Labute approximate surface area is 141 Å². The summed E-state index contributed by atoms with van der Waals surface area (Å²) in [7, 11) is 4.18. The first-order chi connectivity index (χ1) is 11.5. The molecule has 6 heteroatoms. The van der Waals surface area contributed by atoms with E-state index in [9.17, 15) is 9.59 Å². The molecular weight excluding hydrogens is 304 g/mol. The minimum absolute atomic E-state index is 0.0691. The molecule has 1 aliphatic rings. The molecule has 0 unspecified atom stereocenters. The van der Waals surface area contributed by atoms with Gasteiger partial charge in [-0.2, -0.15) is 5.10 Å². The fraction of sp³-hybridized carbons (Fsp3) is 0.500. The van der Waals surface area contributed by atoms with Crippen LogP contribution in [0.25, 0.3) is 10.9 Å². The van der Waals surface area contributed by atoms with Gasteiger partial charge in [-0.1, -0.05) is 12.1 Å². The van der Waals surface area contributed by atoms with Crippen LogP contribution < -0.4 is 5.43 Å². The van der Waals surface area contributed by atoms with Gasteiger partial charge in [-0.25, -0.2) is 0 Å². The van der Waals surface area contributed by atoms with Gasteiger partial charge in [-0.15, -0.1) is 0 Å². The smallest absolute Gasteiger partial charge is 0.244 e. The lowest BCUT2D eigenvalue weighted by Crippen LogP contribution is -2.42. The number of hydrogen-bond donors (Lipinski definition) is 0. The number of benzene rings is 1. The van der Waals surface area contributed by atoms with E-state index in [1.54, 1.807) is 10.7 Å². The minimum atomic E-state index is -0.112. The maximum absolute atomic E-state index is 12.6. The Morgan fingerprint density at radius 1 is 1.25 bits per heavy atom. The molecule has 1 aliphatic heterocycles. The summed E-state index contributed by atoms with van der Waals surface area (Å²) >= 11 is 0. The second kappa shape index (κ2) is 7.13. The lowest BCUT2D eigenvalue weighted by atomic mass is 9.96. The molecule has 6 nitrogen and oxygen atoms in total. The van der Waals surface area contributed by atoms with Crippen molar-refractivity contribution in [3.8, 4) is 0 Å². The maximum atomic E-state index is 12.6. The van der Waals surface area contributed by atoms with Gasteiger partial charge in [0.2, 0.25) is 11.3 Å². The molecule has 0 aliphatic carbocycles. The van der Waals surface area contributed by atoms with E-state index in [1.807, 2.05) is 23.1 Å². The molecule has 1 amide bonds. The van der Waals surface area contributed by atoms with Crippen molar-refractivity contribution in [3.05, 3.63) is 40.7 Å². The average molecular weight is 328 g/mol. The highest BCUT2D eigenvalue weighted by atomic mass is 16.2. The van der Waals surface area contributed by atoms with E-state index in [4.69, 9.17) is 0 Å². The van der Waals surface area contributed by atoms with Gasteiger partial charge in [0.15, 0.2) is 0 Å². The number of fused-ring (bicyclic) bond motifs is 1. The zero-order valence-electron chi connectivity index (χ0n) is 14.3. The summed E-state index contributed by atoms with van der Waals surface area (Å²) in [4.78, 5) is 28.6. The van der Waals surface area contributed by atoms with Crippen LogP contribution in [0.1, 0.15) is 12.8 Å². The SMILES string of the molecule is CN(C)CC1CCN(C(=O)Cn2ncc(=O)c3ccccc32)CC1. The summed E-state index contributed by atoms with van der Waals surface area (Å²) in [5, 5.41) is 4.75. The Morgan fingerprint density at radius 2 is 1.96 bits per heavy atom. The fourth-order valence-corrected chi connectivity index (χ4v) is 3.40. The van der Waals surface area contributed by atoms with E-state index in [0.717, 1.165) is 32.5 Å². The molecular formula is C18H24N4O2. The molecule has 3 rings (SSSR count). The van der Waals surface area contributed by atoms with E-state index >= 15 is 0 Å². The standard InChI is InChI=1S/C18H24N4O2/c1-20(2)12-14-7-9-21(10-8-14)18(24)13-22-16-6-4-3-5-15(16)17(23)11-19-22/h3-6,11,14H,7-10,12-13H2,1-2H3. The first kappa shape index (κ1) is 16.6. The van der Waals surface area contributed by atoms with Crippen molar-refractivity contribution in [3.63, 3.8) is 0 Å². The molecule has 0 spiro atoms. The zero-order chi connectivity index (χ0) is 17.1. The third-order valence-electron chi connectivity index (χ3n) is 4.64. The summed E-state index contributed by atoms with van der Waals surface area (Å²) in [5.41, 5.74) is 0.597. The second-order valence-electron chi connectivity index (χ2n) is 6.77. The topological polar surface area (TPSA) is 58.4 Å². The largest absolute Gasteiger partial charge is 0.341 e. The van der Waals surface area contributed by atoms with E-state index in [-0.39, 0.29) is 17.9 Å². The second-order valence-corrected chi connectivity index (χ2v) is 6.77. The van der Waals surface area contributed by atoms with Gasteiger partial charge in [0.25, 0.3) is 0 Å². The number of nitrogens with zero attached hydrogens (tertiary/aromatic N) is 4. The van der Waals surface area contributed by atoms with Gasteiger partial charge in [0.05, 0.1) is 11.7 Å². The van der Waals surface area contributed by atoms with Crippen molar-refractivity contribution in [2.24, 2.45) is 5.92 Å². The highest BCUT2D eigenvalue weighted by Gasteiger charge is 2.23. The molecule has 0 radical (unpaired) electrons. The number of piperidine rings is 1. The van der Waals surface area contributed by atoms with Gasteiger partial charge < -0.3 is 9.80 Å². The van der Waals surface area contributed by atoms with Gasteiger partial charge in [0.1, 0.15) is 6.54 Å². The minimum Gasteiger partial charge on any atom is -0.341 e. The predicted octanol–water partition coefficient (Wildman–Crippen LogP) is 1.20. The van der Waals surface area contributed by atoms with E-state index in [1.165, 1.54) is 6.20 Å². The molecule has 2 heterocycles. The van der Waals surface area contributed by atoms with Crippen molar-refractivity contribution in [2.45, 2.75) is 19.4 Å². The van der Waals surface area contributed by atoms with Crippen molar-refractivity contribution in [1.29, 1.82) is 0 Å². The van der Waals surface area contributed by atoms with Crippen molar-refractivity contribution in [1.82, 2.24) is 19.6 Å². The number of hydrogen-bond acceptors (Lipinski definition) is 4. The summed E-state index contributed by atoms with van der Waals surface area (Å²) in [5.74, 6) is 0.731. The number of carbonyl (C=O) groups is 1. The highest BCUT2D eigenvalue weighted by Crippen LogP contribution is 2.18. The first-order valence-electron chi connectivity index (χ1n) is 8.42. The lowest BCUT2D eigenvalue weighted by Gasteiger charge is -2.33. The Morgan fingerprint density at radius 3 is 2.67 bits per heavy atom. The average Bonchev–Trinajstić information content (AvgIpc) is 2.58. The first-order valence-corrected chi connectivity index (χ1v) is 8.42. The number of amides is 1. The Balaban J connectivity index is 1.68. The third-order valence-corrected chi connectivity index (χ3v) is 4.64. The fourth-order valence-electron chi connectivity index (χ4n) is 3.40. The number of rotatable bonds is 4. The van der Waals surface area contributed by atoms with Gasteiger partial charge in [-0.05, 0) is 45.0 Å². The van der Waals surface area contributed by atoms with Gasteiger partial charge in [-0.3, -0.25) is 14.3 Å². The molecule has 1 fully saturated rings. The zero-order valence-corrected chi connectivity index (χ0v) is 14.3. The van der Waals surface area contributed by atoms with Gasteiger partial charge in [0, 0.05) is 25.0 Å². The molecule has 24 heavy (non-hydrogen) atoms. The van der Waals surface area contributed by atoms with Crippen LogP contribution in [0.15, 0.2) is 35.3 Å². The van der Waals surface area contributed by atoms with Crippen molar-refractivity contribution in [2.75, 3.05) is 33.7 Å². The number of carbonyl (C=O) groups excluding carboxylic acids is 1. The van der Waals surface area contributed by atoms with E-state index in [0.29, 0.717) is 16.8 Å². The van der Waals surface area contributed by atoms with E-state index in [2.05, 4.69) is 24.1 Å². The van der Waals surface area contributed by atoms with Crippen LogP contribution in [0.4, 0.5) is 0 Å². The number of likely N-dealkylation sites (tertiary alicyclic amines) is 1. The molecule has 128 valence electrons. The van der Waals surface area contributed by atoms with Crippen LogP contribution >= 0.6 is 0 Å². The molecule has 1 aromatic heterocycles. The normalized spacial score (nSPS) is 16.0. The Hall–Kier alpha value is -2.21. The monoisotopic (exact) mass is 328 g/mol. The molecule has 0 N–H and O–H groups in total. The van der Waals surface area contributed by atoms with Crippen LogP contribution in [-0.4, -0.2) is 59.2 Å². The van der Waals surface area contributed by atoms with E-state index < -0.39 is 0 Å². The summed E-state index contributed by atoms with van der Waals surface area (Å²) in [6, 6.07) is 7.29. The molecule has 0 atom stereocenters. The van der Waals surface area contributed by atoms with Crippen LogP contribution in [0, 0.1) is 5.92 Å². The molecule has 0 saturated carbocycles. The summed E-state index contributed by atoms with van der Waals surface area (Å²) in [6.45, 7) is 2.86.